The Kier molecular flexibility index (Phi) is 4.45. The summed E-state index contributed by atoms with van der Waals surface area (Å²) in [7, 11) is 0.433. The highest BCUT2D eigenvalue weighted by Crippen LogP contribution is 2.41. The third-order valence-corrected chi connectivity index (χ3v) is 5.71. The van der Waals surface area contributed by atoms with Crippen molar-refractivity contribution < 1.29 is 0 Å². The van der Waals surface area contributed by atoms with Crippen LogP contribution in [-0.2, 0) is 0 Å². The molecule has 0 aromatic rings. The number of hydrogen-bond acceptors (Lipinski definition) is 0. The van der Waals surface area contributed by atoms with Crippen LogP contribution in [-0.4, -0.2) is 18.5 Å². The van der Waals surface area contributed by atoms with Crippen LogP contribution in [0, 0.1) is 5.92 Å². The topological polar surface area (TPSA) is 0 Å². The van der Waals surface area contributed by atoms with Gasteiger partial charge in [-0.05, 0) is 24.4 Å². The molecule has 0 aliphatic heterocycles. The maximum Gasteiger partial charge on any atom is -0.0298 e. The van der Waals surface area contributed by atoms with Gasteiger partial charge in [-0.3, -0.25) is 0 Å². The smallest absolute Gasteiger partial charge is 0.0298 e. The maximum absolute atomic E-state index is 2.37. The van der Waals surface area contributed by atoms with Crippen molar-refractivity contribution in [2.75, 3.05) is 18.5 Å². The molecule has 0 spiro atoms. The zero-order valence-corrected chi connectivity index (χ0v) is 8.87. The fraction of sp³-hybridized carbons (Fsp3) is 1.00. The minimum atomic E-state index is 0.433. The van der Waals surface area contributed by atoms with Gasteiger partial charge in [0.2, 0.25) is 0 Å². The van der Waals surface area contributed by atoms with Crippen LogP contribution in [0.1, 0.15) is 39.5 Å². The van der Waals surface area contributed by atoms with Gasteiger partial charge in [0.15, 0.2) is 0 Å². The van der Waals surface area contributed by atoms with Gasteiger partial charge >= 0.3 is 0 Å². The van der Waals surface area contributed by atoms with Gasteiger partial charge in [0.25, 0.3) is 0 Å². The first kappa shape index (κ1) is 9.52. The first-order chi connectivity index (χ1) is 5.36. The summed E-state index contributed by atoms with van der Waals surface area (Å²) in [6.07, 6.45) is 10.6. The molecule has 0 atom stereocenters. The molecule has 0 nitrogen and oxygen atoms in total. The van der Waals surface area contributed by atoms with Crippen LogP contribution in [0.3, 0.4) is 0 Å². The predicted octanol–water partition coefficient (Wildman–Crippen LogP) is 3.70. The molecule has 66 valence electrons. The lowest BCUT2D eigenvalue weighted by atomic mass is 10.1. The van der Waals surface area contributed by atoms with Crippen LogP contribution in [0.5, 0.6) is 0 Å². The Hall–Kier alpha value is 0.430. The van der Waals surface area contributed by atoms with Crippen molar-refractivity contribution in [1.29, 1.82) is 0 Å². The summed E-state index contributed by atoms with van der Waals surface area (Å²) >= 11 is 0. The van der Waals surface area contributed by atoms with Crippen molar-refractivity contribution in [1.82, 2.24) is 0 Å². The third kappa shape index (κ3) is 3.11. The standard InChI is InChI=1S/C10H21P/c1-3-11(4-2)9-10-7-5-6-8-10/h10H,3-9H2,1-2H3. The van der Waals surface area contributed by atoms with Crippen molar-refractivity contribution in [2.24, 2.45) is 5.92 Å². The summed E-state index contributed by atoms with van der Waals surface area (Å²) in [5.74, 6) is 1.13. The van der Waals surface area contributed by atoms with Gasteiger partial charge in [-0.15, -0.1) is 7.92 Å². The second kappa shape index (κ2) is 5.14. The summed E-state index contributed by atoms with van der Waals surface area (Å²) in [5.41, 5.74) is 0. The van der Waals surface area contributed by atoms with Crippen LogP contribution in [0.2, 0.25) is 0 Å². The lowest BCUT2D eigenvalue weighted by Crippen LogP contribution is -2.01. The van der Waals surface area contributed by atoms with E-state index in [9.17, 15) is 0 Å². The van der Waals surface area contributed by atoms with E-state index in [1.165, 1.54) is 25.2 Å². The largest absolute Gasteiger partial charge is 0.107 e. The Labute approximate surface area is 72.5 Å². The van der Waals surface area contributed by atoms with Gasteiger partial charge in [-0.1, -0.05) is 39.5 Å². The van der Waals surface area contributed by atoms with E-state index in [1.54, 1.807) is 19.0 Å². The average Bonchev–Trinajstić information content (AvgIpc) is 2.52. The first-order valence-electron chi connectivity index (χ1n) is 5.09. The van der Waals surface area contributed by atoms with Crippen LogP contribution in [0.25, 0.3) is 0 Å². The second-order valence-corrected chi connectivity index (χ2v) is 6.61. The van der Waals surface area contributed by atoms with E-state index in [0.717, 1.165) is 5.92 Å². The predicted molar refractivity (Wildman–Crippen MR) is 54.8 cm³/mol. The maximum atomic E-state index is 2.37. The second-order valence-electron chi connectivity index (χ2n) is 3.64. The van der Waals surface area contributed by atoms with Crippen molar-refractivity contribution in [3.05, 3.63) is 0 Å². The van der Waals surface area contributed by atoms with E-state index in [2.05, 4.69) is 13.8 Å². The average molecular weight is 172 g/mol. The van der Waals surface area contributed by atoms with Gasteiger partial charge in [0.1, 0.15) is 0 Å². The van der Waals surface area contributed by atoms with Crippen LogP contribution in [0.15, 0.2) is 0 Å². The lowest BCUT2D eigenvalue weighted by molar-refractivity contribution is 0.618. The Morgan fingerprint density at radius 2 is 1.64 bits per heavy atom. The molecule has 1 aliphatic rings. The molecule has 0 bridgehead atoms. The molecule has 0 heterocycles. The molecule has 0 unspecified atom stereocenters. The fourth-order valence-corrected chi connectivity index (χ4v) is 4.10. The Morgan fingerprint density at radius 3 is 2.09 bits per heavy atom. The van der Waals surface area contributed by atoms with E-state index in [1.807, 2.05) is 0 Å². The molecule has 0 N–H and O–H groups in total. The summed E-state index contributed by atoms with van der Waals surface area (Å²) in [6, 6.07) is 0. The van der Waals surface area contributed by atoms with Gasteiger partial charge < -0.3 is 0 Å². The van der Waals surface area contributed by atoms with Crippen molar-refractivity contribution in [3.63, 3.8) is 0 Å². The van der Waals surface area contributed by atoms with Crippen molar-refractivity contribution in [2.45, 2.75) is 39.5 Å². The SMILES string of the molecule is CCP(CC)CC1CCCC1. The first-order valence-corrected chi connectivity index (χ1v) is 6.99. The Balaban J connectivity index is 2.16. The molecule has 0 aromatic heterocycles. The normalized spacial score (nSPS) is 19.9. The third-order valence-electron chi connectivity index (χ3n) is 2.89. The monoisotopic (exact) mass is 172 g/mol. The van der Waals surface area contributed by atoms with Crippen LogP contribution >= 0.6 is 7.92 Å². The fourth-order valence-electron chi connectivity index (χ4n) is 2.04. The Bertz CT molecular complexity index is 91.0. The summed E-state index contributed by atoms with van der Waals surface area (Å²) in [6.45, 7) is 4.73. The quantitative estimate of drug-likeness (QED) is 0.567. The molecular formula is C10H21P. The molecule has 11 heavy (non-hydrogen) atoms. The molecule has 1 heteroatoms. The molecule has 1 aliphatic carbocycles. The molecule has 0 saturated heterocycles. The van der Waals surface area contributed by atoms with E-state index >= 15 is 0 Å². The molecule has 1 rings (SSSR count). The van der Waals surface area contributed by atoms with E-state index < -0.39 is 0 Å². The number of hydrogen-bond donors (Lipinski definition) is 0. The van der Waals surface area contributed by atoms with E-state index in [4.69, 9.17) is 0 Å². The van der Waals surface area contributed by atoms with E-state index in [-0.39, 0.29) is 0 Å². The van der Waals surface area contributed by atoms with E-state index in [0.29, 0.717) is 7.92 Å². The van der Waals surface area contributed by atoms with Gasteiger partial charge in [-0.25, -0.2) is 0 Å². The van der Waals surface area contributed by atoms with Gasteiger partial charge in [-0.2, -0.15) is 0 Å². The Morgan fingerprint density at radius 1 is 1.09 bits per heavy atom. The summed E-state index contributed by atoms with van der Waals surface area (Å²) in [5, 5.41) is 0. The minimum absolute atomic E-state index is 0.433. The van der Waals surface area contributed by atoms with Gasteiger partial charge in [0.05, 0.1) is 0 Å². The van der Waals surface area contributed by atoms with Crippen molar-refractivity contribution >= 4 is 7.92 Å². The van der Waals surface area contributed by atoms with Gasteiger partial charge in [0, 0.05) is 0 Å². The molecule has 1 fully saturated rings. The summed E-state index contributed by atoms with van der Waals surface area (Å²) < 4.78 is 0. The summed E-state index contributed by atoms with van der Waals surface area (Å²) in [4.78, 5) is 0. The van der Waals surface area contributed by atoms with Crippen molar-refractivity contribution in [3.8, 4) is 0 Å². The zero-order valence-electron chi connectivity index (χ0n) is 7.97. The van der Waals surface area contributed by atoms with Crippen LogP contribution < -0.4 is 0 Å². The molecule has 1 saturated carbocycles. The number of rotatable bonds is 4. The van der Waals surface area contributed by atoms with Crippen LogP contribution in [0.4, 0.5) is 0 Å². The highest BCUT2D eigenvalue weighted by Gasteiger charge is 2.17. The molecular weight excluding hydrogens is 151 g/mol. The zero-order chi connectivity index (χ0) is 8.10. The molecule has 0 aromatic carbocycles. The minimum Gasteiger partial charge on any atom is -0.107 e. The lowest BCUT2D eigenvalue weighted by Gasteiger charge is -2.17. The highest BCUT2D eigenvalue weighted by molar-refractivity contribution is 7.57. The highest BCUT2D eigenvalue weighted by atomic mass is 31.1. The molecule has 0 radical (unpaired) electrons. The molecule has 0 amide bonds.